The molecule has 5 nitrogen and oxygen atoms in total. The predicted octanol–water partition coefficient (Wildman–Crippen LogP) is -0.490. The Kier molecular flexibility index (Phi) is 5.10. The molecule has 0 spiro atoms. The highest BCUT2D eigenvalue weighted by atomic mass is 16.2. The number of nitrogens with one attached hydrogen (secondary N) is 2. The van der Waals surface area contributed by atoms with Gasteiger partial charge in [-0.3, -0.25) is 9.59 Å². The summed E-state index contributed by atoms with van der Waals surface area (Å²) in [6, 6.07) is 0.437. The van der Waals surface area contributed by atoms with Gasteiger partial charge in [-0.25, -0.2) is 0 Å². The van der Waals surface area contributed by atoms with Crippen molar-refractivity contribution >= 4 is 11.8 Å². The van der Waals surface area contributed by atoms with Crippen molar-refractivity contribution in [3.8, 4) is 0 Å². The van der Waals surface area contributed by atoms with Crippen LogP contribution in [0.3, 0.4) is 0 Å². The van der Waals surface area contributed by atoms with Crippen LogP contribution in [0.1, 0.15) is 32.1 Å². The summed E-state index contributed by atoms with van der Waals surface area (Å²) in [7, 11) is 0. The number of amides is 2. The van der Waals surface area contributed by atoms with Crippen molar-refractivity contribution in [2.45, 2.75) is 38.1 Å². The second kappa shape index (κ2) is 6.40. The Labute approximate surface area is 89.8 Å². The molecule has 5 heteroatoms. The van der Waals surface area contributed by atoms with Crippen molar-refractivity contribution < 1.29 is 9.59 Å². The molecule has 15 heavy (non-hydrogen) atoms. The average molecular weight is 213 g/mol. The highest BCUT2D eigenvalue weighted by Crippen LogP contribution is 2.18. The van der Waals surface area contributed by atoms with E-state index in [4.69, 9.17) is 5.73 Å². The molecule has 0 saturated heterocycles. The SMILES string of the molecule is NC(=O)CCCNCCC(=O)NC1CC1. The van der Waals surface area contributed by atoms with Crippen molar-refractivity contribution in [2.24, 2.45) is 5.73 Å². The second-order valence-corrected chi connectivity index (χ2v) is 3.91. The van der Waals surface area contributed by atoms with Crippen molar-refractivity contribution in [1.29, 1.82) is 0 Å². The first-order valence-corrected chi connectivity index (χ1v) is 5.47. The van der Waals surface area contributed by atoms with Crippen molar-refractivity contribution in [1.82, 2.24) is 10.6 Å². The molecular formula is C10H19N3O2. The molecule has 1 saturated carbocycles. The van der Waals surface area contributed by atoms with Gasteiger partial charge in [0.2, 0.25) is 11.8 Å². The summed E-state index contributed by atoms with van der Waals surface area (Å²) < 4.78 is 0. The van der Waals surface area contributed by atoms with E-state index in [1.807, 2.05) is 0 Å². The molecule has 0 radical (unpaired) electrons. The molecule has 86 valence electrons. The molecule has 1 fully saturated rings. The van der Waals surface area contributed by atoms with Crippen LogP contribution < -0.4 is 16.4 Å². The Morgan fingerprint density at radius 1 is 1.20 bits per heavy atom. The lowest BCUT2D eigenvalue weighted by atomic mass is 10.3. The number of primary amides is 1. The van der Waals surface area contributed by atoms with E-state index in [-0.39, 0.29) is 11.8 Å². The van der Waals surface area contributed by atoms with Crippen LogP contribution in [0.5, 0.6) is 0 Å². The maximum atomic E-state index is 11.2. The Hall–Kier alpha value is -1.10. The number of hydrogen-bond acceptors (Lipinski definition) is 3. The molecule has 0 atom stereocenters. The first-order valence-electron chi connectivity index (χ1n) is 5.47. The molecule has 0 bridgehead atoms. The van der Waals surface area contributed by atoms with Crippen molar-refractivity contribution in [2.75, 3.05) is 13.1 Å². The number of nitrogens with two attached hydrogens (primary N) is 1. The minimum absolute atomic E-state index is 0.111. The smallest absolute Gasteiger partial charge is 0.221 e. The highest BCUT2D eigenvalue weighted by molar-refractivity contribution is 5.76. The molecule has 0 aromatic rings. The zero-order valence-corrected chi connectivity index (χ0v) is 8.92. The fourth-order valence-corrected chi connectivity index (χ4v) is 1.24. The Balaban J connectivity index is 1.83. The molecule has 0 unspecified atom stereocenters. The first kappa shape index (κ1) is 12.0. The third-order valence-electron chi connectivity index (χ3n) is 2.25. The predicted molar refractivity (Wildman–Crippen MR) is 57.1 cm³/mol. The zero-order valence-electron chi connectivity index (χ0n) is 8.92. The summed E-state index contributed by atoms with van der Waals surface area (Å²) >= 11 is 0. The van der Waals surface area contributed by atoms with Gasteiger partial charge in [0.1, 0.15) is 0 Å². The highest BCUT2D eigenvalue weighted by Gasteiger charge is 2.22. The van der Waals surface area contributed by atoms with E-state index in [0.29, 0.717) is 25.4 Å². The van der Waals surface area contributed by atoms with Gasteiger partial charge in [0.15, 0.2) is 0 Å². The van der Waals surface area contributed by atoms with Gasteiger partial charge in [0, 0.05) is 25.4 Å². The molecule has 2 amide bonds. The minimum Gasteiger partial charge on any atom is -0.370 e. The van der Waals surface area contributed by atoms with E-state index in [1.165, 1.54) is 0 Å². The summed E-state index contributed by atoms with van der Waals surface area (Å²) in [6.45, 7) is 1.40. The zero-order chi connectivity index (χ0) is 11.1. The van der Waals surface area contributed by atoms with E-state index >= 15 is 0 Å². The average Bonchev–Trinajstić information content (AvgIpc) is 2.94. The van der Waals surface area contributed by atoms with Crippen LogP contribution in [0.25, 0.3) is 0 Å². The van der Waals surface area contributed by atoms with Crippen LogP contribution in [-0.2, 0) is 9.59 Å². The normalized spacial score (nSPS) is 14.9. The number of carbonyl (C=O) groups is 2. The summed E-state index contributed by atoms with van der Waals surface area (Å²) in [5.74, 6) is -0.164. The molecule has 4 N–H and O–H groups in total. The summed E-state index contributed by atoms with van der Waals surface area (Å²) in [5.41, 5.74) is 4.99. The van der Waals surface area contributed by atoms with E-state index < -0.39 is 0 Å². The lowest BCUT2D eigenvalue weighted by molar-refractivity contribution is -0.121. The van der Waals surface area contributed by atoms with Gasteiger partial charge in [0.05, 0.1) is 0 Å². The number of rotatable bonds is 8. The second-order valence-electron chi connectivity index (χ2n) is 3.91. The van der Waals surface area contributed by atoms with Gasteiger partial charge in [-0.2, -0.15) is 0 Å². The van der Waals surface area contributed by atoms with E-state index in [2.05, 4.69) is 10.6 Å². The largest absolute Gasteiger partial charge is 0.370 e. The summed E-state index contributed by atoms with van der Waals surface area (Å²) in [5, 5.41) is 6.01. The third-order valence-corrected chi connectivity index (χ3v) is 2.25. The topological polar surface area (TPSA) is 84.2 Å². The van der Waals surface area contributed by atoms with Crippen LogP contribution in [-0.4, -0.2) is 30.9 Å². The third kappa shape index (κ3) is 6.90. The summed E-state index contributed by atoms with van der Waals surface area (Å²) in [4.78, 5) is 21.6. The van der Waals surface area contributed by atoms with Crippen molar-refractivity contribution in [3.63, 3.8) is 0 Å². The molecule has 1 aliphatic carbocycles. The Bertz CT molecular complexity index is 227. The molecule has 0 aromatic carbocycles. The molecule has 0 aliphatic heterocycles. The molecule has 0 aromatic heterocycles. The lowest BCUT2D eigenvalue weighted by Gasteiger charge is -2.04. The molecule has 1 rings (SSSR count). The Morgan fingerprint density at radius 2 is 1.93 bits per heavy atom. The van der Waals surface area contributed by atoms with Crippen molar-refractivity contribution in [3.05, 3.63) is 0 Å². The fourth-order valence-electron chi connectivity index (χ4n) is 1.24. The first-order chi connectivity index (χ1) is 7.18. The molecule has 0 heterocycles. The van der Waals surface area contributed by atoms with E-state index in [9.17, 15) is 9.59 Å². The van der Waals surface area contributed by atoms with Crippen LogP contribution in [0.4, 0.5) is 0 Å². The fraction of sp³-hybridized carbons (Fsp3) is 0.800. The lowest BCUT2D eigenvalue weighted by Crippen LogP contribution is -2.29. The van der Waals surface area contributed by atoms with Gasteiger partial charge < -0.3 is 16.4 Å². The van der Waals surface area contributed by atoms with Gasteiger partial charge in [0.25, 0.3) is 0 Å². The van der Waals surface area contributed by atoms with E-state index in [0.717, 1.165) is 25.8 Å². The van der Waals surface area contributed by atoms with Gasteiger partial charge in [-0.05, 0) is 25.8 Å². The Morgan fingerprint density at radius 3 is 2.53 bits per heavy atom. The quantitative estimate of drug-likeness (QED) is 0.476. The molecular weight excluding hydrogens is 194 g/mol. The van der Waals surface area contributed by atoms with E-state index in [1.54, 1.807) is 0 Å². The maximum absolute atomic E-state index is 11.2. The van der Waals surface area contributed by atoms with Crippen LogP contribution in [0, 0.1) is 0 Å². The maximum Gasteiger partial charge on any atom is 0.221 e. The van der Waals surface area contributed by atoms with Crippen LogP contribution in [0.2, 0.25) is 0 Å². The number of carbonyl (C=O) groups excluding carboxylic acids is 2. The van der Waals surface area contributed by atoms with Crippen LogP contribution >= 0.6 is 0 Å². The molecule has 1 aliphatic rings. The van der Waals surface area contributed by atoms with Gasteiger partial charge >= 0.3 is 0 Å². The van der Waals surface area contributed by atoms with Crippen LogP contribution in [0.15, 0.2) is 0 Å². The van der Waals surface area contributed by atoms with Gasteiger partial charge in [-0.15, -0.1) is 0 Å². The van der Waals surface area contributed by atoms with Gasteiger partial charge in [-0.1, -0.05) is 0 Å². The summed E-state index contributed by atoms with van der Waals surface area (Å²) in [6.07, 6.45) is 3.89. The number of hydrogen-bond donors (Lipinski definition) is 3. The monoisotopic (exact) mass is 213 g/mol. The standard InChI is InChI=1S/C10H19N3O2/c11-9(14)2-1-6-12-7-5-10(15)13-8-3-4-8/h8,12H,1-7H2,(H2,11,14)(H,13,15). The minimum atomic E-state index is -0.275.